The van der Waals surface area contributed by atoms with Crippen molar-refractivity contribution in [3.63, 3.8) is 0 Å². The molecule has 19 heavy (non-hydrogen) atoms. The van der Waals surface area contributed by atoms with Gasteiger partial charge in [-0.05, 0) is 37.8 Å². The van der Waals surface area contributed by atoms with Crippen molar-refractivity contribution >= 4 is 11.6 Å². The molecule has 0 radical (unpaired) electrons. The van der Waals surface area contributed by atoms with E-state index in [-0.39, 0.29) is 11.5 Å². The first-order chi connectivity index (χ1) is 9.04. The highest BCUT2D eigenvalue weighted by molar-refractivity contribution is 6.21. The molecule has 2 nitrogen and oxygen atoms in total. The van der Waals surface area contributed by atoms with Crippen molar-refractivity contribution in [3.8, 4) is 5.75 Å². The lowest BCUT2D eigenvalue weighted by Gasteiger charge is -2.24. The molecule has 1 aromatic rings. The maximum Gasteiger partial charge on any atom is 0.122 e. The van der Waals surface area contributed by atoms with Gasteiger partial charge in [0, 0.05) is 11.3 Å². The first kappa shape index (κ1) is 14.7. The second-order valence-electron chi connectivity index (χ2n) is 5.51. The molecule has 0 bridgehead atoms. The minimum absolute atomic E-state index is 0.0752. The SMILES string of the molecule is COc1ccccc1CC(Cl)C1C(C)OC(C)C1C. The lowest BCUT2D eigenvalue weighted by molar-refractivity contribution is 0.0508. The lowest BCUT2D eigenvalue weighted by Crippen LogP contribution is -2.28. The Morgan fingerprint density at radius 2 is 1.89 bits per heavy atom. The summed E-state index contributed by atoms with van der Waals surface area (Å²) >= 11 is 6.67. The molecule has 106 valence electrons. The number of hydrogen-bond acceptors (Lipinski definition) is 2. The van der Waals surface area contributed by atoms with Gasteiger partial charge in [-0.2, -0.15) is 0 Å². The Bertz CT molecular complexity index is 421. The molecule has 0 aromatic heterocycles. The highest BCUT2D eigenvalue weighted by atomic mass is 35.5. The van der Waals surface area contributed by atoms with E-state index in [1.165, 1.54) is 5.56 Å². The van der Waals surface area contributed by atoms with Crippen LogP contribution in [0.4, 0.5) is 0 Å². The normalized spacial score (nSPS) is 32.3. The third kappa shape index (κ3) is 3.06. The average molecular weight is 283 g/mol. The van der Waals surface area contributed by atoms with Crippen LogP contribution in [0.25, 0.3) is 0 Å². The summed E-state index contributed by atoms with van der Waals surface area (Å²) < 4.78 is 11.3. The van der Waals surface area contributed by atoms with E-state index in [9.17, 15) is 0 Å². The Morgan fingerprint density at radius 1 is 1.21 bits per heavy atom. The molecule has 0 spiro atoms. The van der Waals surface area contributed by atoms with E-state index in [1.807, 2.05) is 18.2 Å². The van der Waals surface area contributed by atoms with E-state index in [0.717, 1.165) is 12.2 Å². The highest BCUT2D eigenvalue weighted by Gasteiger charge is 2.41. The van der Waals surface area contributed by atoms with Gasteiger partial charge in [0.15, 0.2) is 0 Å². The summed E-state index contributed by atoms with van der Waals surface area (Å²) in [5.41, 5.74) is 1.17. The first-order valence-electron chi connectivity index (χ1n) is 6.96. The number of ether oxygens (including phenoxy) is 2. The van der Waals surface area contributed by atoms with Gasteiger partial charge >= 0.3 is 0 Å². The minimum Gasteiger partial charge on any atom is -0.496 e. The van der Waals surface area contributed by atoms with Crippen molar-refractivity contribution in [2.75, 3.05) is 7.11 Å². The second-order valence-corrected chi connectivity index (χ2v) is 6.08. The van der Waals surface area contributed by atoms with E-state index in [0.29, 0.717) is 17.9 Å². The summed E-state index contributed by atoms with van der Waals surface area (Å²) in [5.74, 6) is 1.80. The molecule has 1 aliphatic heterocycles. The Hall–Kier alpha value is -0.730. The molecule has 0 N–H and O–H groups in total. The summed E-state index contributed by atoms with van der Waals surface area (Å²) in [5, 5.41) is 0.0752. The summed E-state index contributed by atoms with van der Waals surface area (Å²) in [4.78, 5) is 0. The fourth-order valence-corrected chi connectivity index (χ4v) is 3.74. The largest absolute Gasteiger partial charge is 0.496 e. The van der Waals surface area contributed by atoms with Gasteiger partial charge in [0.25, 0.3) is 0 Å². The number of benzene rings is 1. The van der Waals surface area contributed by atoms with Gasteiger partial charge in [-0.25, -0.2) is 0 Å². The lowest BCUT2D eigenvalue weighted by atomic mass is 9.84. The number of rotatable bonds is 4. The highest BCUT2D eigenvalue weighted by Crippen LogP contribution is 2.38. The molecule has 1 heterocycles. The Balaban J connectivity index is 2.10. The average Bonchev–Trinajstić information content (AvgIpc) is 2.64. The Labute approximate surface area is 121 Å². The quantitative estimate of drug-likeness (QED) is 0.780. The van der Waals surface area contributed by atoms with Gasteiger partial charge in [-0.1, -0.05) is 25.1 Å². The Kier molecular flexibility index (Phi) is 4.75. The summed E-state index contributed by atoms with van der Waals surface area (Å²) in [6.07, 6.45) is 1.34. The fraction of sp³-hybridized carbons (Fsp3) is 0.625. The van der Waals surface area contributed by atoms with Crippen LogP contribution in [0.3, 0.4) is 0 Å². The number of hydrogen-bond donors (Lipinski definition) is 0. The first-order valence-corrected chi connectivity index (χ1v) is 7.39. The summed E-state index contributed by atoms with van der Waals surface area (Å²) in [6.45, 7) is 6.49. The van der Waals surface area contributed by atoms with Crippen molar-refractivity contribution in [2.45, 2.75) is 44.8 Å². The fourth-order valence-electron chi connectivity index (χ4n) is 3.13. The molecular formula is C16H23ClO2. The smallest absolute Gasteiger partial charge is 0.122 e. The topological polar surface area (TPSA) is 18.5 Å². The predicted octanol–water partition coefficient (Wildman–Crippen LogP) is 3.90. The summed E-state index contributed by atoms with van der Waals surface area (Å²) in [7, 11) is 1.70. The van der Waals surface area contributed by atoms with Crippen LogP contribution in [0, 0.1) is 11.8 Å². The zero-order chi connectivity index (χ0) is 14.0. The summed E-state index contributed by atoms with van der Waals surface area (Å²) in [6, 6.07) is 8.09. The van der Waals surface area contributed by atoms with Crippen LogP contribution in [0.15, 0.2) is 24.3 Å². The zero-order valence-electron chi connectivity index (χ0n) is 12.1. The molecule has 1 fully saturated rings. The van der Waals surface area contributed by atoms with Gasteiger partial charge < -0.3 is 9.47 Å². The van der Waals surface area contributed by atoms with Crippen LogP contribution in [0.2, 0.25) is 0 Å². The van der Waals surface area contributed by atoms with Crippen molar-refractivity contribution in [1.29, 1.82) is 0 Å². The second kappa shape index (κ2) is 6.15. The van der Waals surface area contributed by atoms with Crippen LogP contribution in [0.5, 0.6) is 5.75 Å². The maximum absolute atomic E-state index is 6.67. The molecule has 1 aliphatic rings. The standard InChI is InChI=1S/C16H23ClO2/c1-10-11(2)19-12(3)16(10)14(17)9-13-7-5-6-8-15(13)18-4/h5-8,10-12,14,16H,9H2,1-4H3. The maximum atomic E-state index is 6.67. The van der Waals surface area contributed by atoms with Crippen molar-refractivity contribution < 1.29 is 9.47 Å². The molecule has 3 heteroatoms. The van der Waals surface area contributed by atoms with E-state index in [2.05, 4.69) is 26.8 Å². The van der Waals surface area contributed by atoms with Crippen LogP contribution >= 0.6 is 11.6 Å². The van der Waals surface area contributed by atoms with Gasteiger partial charge in [0.1, 0.15) is 5.75 Å². The minimum atomic E-state index is 0.0752. The molecular weight excluding hydrogens is 260 g/mol. The van der Waals surface area contributed by atoms with Gasteiger partial charge in [-0.3, -0.25) is 0 Å². The van der Waals surface area contributed by atoms with Crippen molar-refractivity contribution in [1.82, 2.24) is 0 Å². The van der Waals surface area contributed by atoms with Gasteiger partial charge in [-0.15, -0.1) is 11.6 Å². The molecule has 0 saturated carbocycles. The Morgan fingerprint density at radius 3 is 2.47 bits per heavy atom. The zero-order valence-corrected chi connectivity index (χ0v) is 12.9. The third-order valence-electron chi connectivity index (χ3n) is 4.34. The van der Waals surface area contributed by atoms with Gasteiger partial charge in [0.05, 0.1) is 19.3 Å². The molecule has 5 unspecified atom stereocenters. The number of para-hydroxylation sites is 1. The predicted molar refractivity (Wildman–Crippen MR) is 79.0 cm³/mol. The monoisotopic (exact) mass is 282 g/mol. The van der Waals surface area contributed by atoms with Crippen LogP contribution < -0.4 is 4.74 Å². The van der Waals surface area contributed by atoms with Crippen LogP contribution in [-0.2, 0) is 11.2 Å². The van der Waals surface area contributed by atoms with E-state index < -0.39 is 0 Å². The molecule has 0 amide bonds. The molecule has 1 aromatic carbocycles. The van der Waals surface area contributed by atoms with Crippen LogP contribution in [0.1, 0.15) is 26.3 Å². The molecule has 1 saturated heterocycles. The number of methoxy groups -OCH3 is 1. The van der Waals surface area contributed by atoms with E-state index >= 15 is 0 Å². The van der Waals surface area contributed by atoms with E-state index in [4.69, 9.17) is 21.1 Å². The molecule has 5 atom stereocenters. The molecule has 2 rings (SSSR count). The number of halogens is 1. The third-order valence-corrected chi connectivity index (χ3v) is 4.79. The van der Waals surface area contributed by atoms with E-state index in [1.54, 1.807) is 7.11 Å². The van der Waals surface area contributed by atoms with Gasteiger partial charge in [0.2, 0.25) is 0 Å². The van der Waals surface area contributed by atoms with Crippen LogP contribution in [-0.4, -0.2) is 24.7 Å². The van der Waals surface area contributed by atoms with Crippen molar-refractivity contribution in [3.05, 3.63) is 29.8 Å². The van der Waals surface area contributed by atoms with Crippen molar-refractivity contribution in [2.24, 2.45) is 11.8 Å². The molecule has 0 aliphatic carbocycles. The number of alkyl halides is 1.